The summed E-state index contributed by atoms with van der Waals surface area (Å²) in [4.78, 5) is 49.1. The highest BCUT2D eigenvalue weighted by atomic mass is 16.2. The van der Waals surface area contributed by atoms with E-state index in [1.54, 1.807) is 53.6 Å². The number of carbonyl (C=O) groups excluding carboxylic acids is 3. The molecule has 41 heavy (non-hydrogen) atoms. The van der Waals surface area contributed by atoms with E-state index in [2.05, 4.69) is 10.3 Å². The average molecular weight is 550 g/mol. The Morgan fingerprint density at radius 1 is 1.02 bits per heavy atom. The summed E-state index contributed by atoms with van der Waals surface area (Å²) in [6.07, 6.45) is 7.32. The molecule has 0 saturated carbocycles. The lowest BCUT2D eigenvalue weighted by molar-refractivity contribution is -0.129. The van der Waals surface area contributed by atoms with Crippen molar-refractivity contribution in [1.82, 2.24) is 19.5 Å². The molecule has 4 aromatic rings. The van der Waals surface area contributed by atoms with Gasteiger partial charge in [0, 0.05) is 29.9 Å². The summed E-state index contributed by atoms with van der Waals surface area (Å²) in [6.45, 7) is 2.45. The molecule has 10 heteroatoms. The van der Waals surface area contributed by atoms with Crippen molar-refractivity contribution in [3.05, 3.63) is 107 Å². The third-order valence-corrected chi connectivity index (χ3v) is 7.05. The molecule has 3 heterocycles. The Kier molecular flexibility index (Phi) is 7.91. The standard InChI is InChI=1S/C31H31N7O3/c1-20-16-17-34-25(19-20)35-31(41)23-13-11-22(12-14-23)27-28(29(32)40)38(33)30(36-27)24-9-5-6-18-37(24)26(39)15-10-21-7-3-2-4-8-21/h2-4,7-8,10-17,19,24H,5-6,9,18,33H2,1H3,(H2,32,40)(H,34,35,41)/b15-10+/t24-/m0/s1. The first-order valence-electron chi connectivity index (χ1n) is 13.4. The van der Waals surface area contributed by atoms with E-state index < -0.39 is 11.9 Å². The van der Waals surface area contributed by atoms with Crippen LogP contribution in [0.5, 0.6) is 0 Å². The number of aromatic nitrogens is 3. The minimum absolute atomic E-state index is 0.0268. The number of carbonyl (C=O) groups is 3. The largest absolute Gasteiger partial charge is 0.364 e. The molecular weight excluding hydrogens is 518 g/mol. The van der Waals surface area contributed by atoms with Crippen molar-refractivity contribution in [2.75, 3.05) is 17.7 Å². The number of amides is 3. The monoisotopic (exact) mass is 549 g/mol. The predicted octanol–water partition coefficient (Wildman–Crippen LogP) is 4.09. The van der Waals surface area contributed by atoms with Gasteiger partial charge in [-0.2, -0.15) is 0 Å². The van der Waals surface area contributed by atoms with Gasteiger partial charge in [-0.15, -0.1) is 0 Å². The maximum atomic E-state index is 13.2. The molecule has 1 saturated heterocycles. The summed E-state index contributed by atoms with van der Waals surface area (Å²) >= 11 is 0. The van der Waals surface area contributed by atoms with Crippen molar-refractivity contribution in [2.24, 2.45) is 5.73 Å². The first kappa shape index (κ1) is 27.3. The molecule has 5 rings (SSSR count). The molecule has 208 valence electrons. The summed E-state index contributed by atoms with van der Waals surface area (Å²) in [7, 11) is 0. The van der Waals surface area contributed by atoms with Crippen LogP contribution in [0.2, 0.25) is 0 Å². The normalized spacial score (nSPS) is 15.1. The molecule has 10 nitrogen and oxygen atoms in total. The van der Waals surface area contributed by atoms with Crippen molar-refractivity contribution >= 4 is 29.6 Å². The van der Waals surface area contributed by atoms with Gasteiger partial charge in [0.05, 0.1) is 6.04 Å². The van der Waals surface area contributed by atoms with Gasteiger partial charge in [-0.05, 0) is 67.7 Å². The molecule has 0 spiro atoms. The van der Waals surface area contributed by atoms with E-state index in [1.165, 1.54) is 4.68 Å². The van der Waals surface area contributed by atoms with E-state index in [-0.39, 0.29) is 17.5 Å². The second kappa shape index (κ2) is 11.9. The summed E-state index contributed by atoms with van der Waals surface area (Å²) in [5, 5.41) is 2.77. The number of likely N-dealkylation sites (tertiary alicyclic amines) is 1. The maximum Gasteiger partial charge on any atom is 0.269 e. The number of primary amides is 1. The Bertz CT molecular complexity index is 1610. The number of hydrogen-bond acceptors (Lipinski definition) is 6. The van der Waals surface area contributed by atoms with Gasteiger partial charge in [0.2, 0.25) is 5.91 Å². The lowest BCUT2D eigenvalue weighted by Crippen LogP contribution is -2.39. The Morgan fingerprint density at radius 3 is 2.49 bits per heavy atom. The van der Waals surface area contributed by atoms with Crippen LogP contribution in [0.3, 0.4) is 0 Å². The van der Waals surface area contributed by atoms with Crippen LogP contribution in [-0.4, -0.2) is 43.8 Å². The third kappa shape index (κ3) is 6.01. The molecule has 2 aromatic carbocycles. The van der Waals surface area contributed by atoms with E-state index in [4.69, 9.17) is 16.6 Å². The average Bonchev–Trinajstić information content (AvgIpc) is 3.33. The lowest BCUT2D eigenvalue weighted by atomic mass is 10.0. The van der Waals surface area contributed by atoms with E-state index in [9.17, 15) is 14.4 Å². The van der Waals surface area contributed by atoms with Crippen molar-refractivity contribution < 1.29 is 14.4 Å². The second-order valence-electron chi connectivity index (χ2n) is 9.94. The number of benzene rings is 2. The number of nitrogens with one attached hydrogen (secondary N) is 1. The molecular formula is C31H31N7O3. The van der Waals surface area contributed by atoms with Gasteiger partial charge >= 0.3 is 0 Å². The van der Waals surface area contributed by atoms with Gasteiger partial charge in [-0.3, -0.25) is 14.4 Å². The lowest BCUT2D eigenvalue weighted by Gasteiger charge is -2.34. The number of rotatable bonds is 7. The van der Waals surface area contributed by atoms with Crippen LogP contribution >= 0.6 is 0 Å². The molecule has 1 atom stereocenters. The Balaban J connectivity index is 1.41. The molecule has 1 aliphatic rings. The van der Waals surface area contributed by atoms with E-state index >= 15 is 0 Å². The van der Waals surface area contributed by atoms with Crippen LogP contribution in [0, 0.1) is 6.92 Å². The fourth-order valence-electron chi connectivity index (χ4n) is 4.99. The van der Waals surface area contributed by atoms with E-state index in [0.717, 1.165) is 24.0 Å². The van der Waals surface area contributed by atoms with Crippen LogP contribution in [-0.2, 0) is 4.79 Å². The number of nitrogens with zero attached hydrogens (tertiary/aromatic N) is 4. The smallest absolute Gasteiger partial charge is 0.269 e. The fraction of sp³-hybridized carbons (Fsp3) is 0.194. The summed E-state index contributed by atoms with van der Waals surface area (Å²) in [5.74, 6) is 6.00. The summed E-state index contributed by atoms with van der Waals surface area (Å²) < 4.78 is 1.19. The van der Waals surface area contributed by atoms with Crippen molar-refractivity contribution in [1.29, 1.82) is 0 Å². The number of imidazole rings is 1. The molecule has 3 amide bonds. The van der Waals surface area contributed by atoms with Crippen molar-refractivity contribution in [3.63, 3.8) is 0 Å². The first-order chi connectivity index (χ1) is 19.8. The summed E-state index contributed by atoms with van der Waals surface area (Å²) in [6, 6.07) is 19.4. The summed E-state index contributed by atoms with van der Waals surface area (Å²) in [5.41, 5.74) is 8.91. The van der Waals surface area contributed by atoms with Crippen LogP contribution in [0.1, 0.15) is 63.1 Å². The molecule has 1 fully saturated rings. The zero-order chi connectivity index (χ0) is 28.9. The molecule has 1 aliphatic heterocycles. The first-order valence-corrected chi connectivity index (χ1v) is 13.4. The van der Waals surface area contributed by atoms with Gasteiger partial charge in [0.25, 0.3) is 11.8 Å². The number of anilines is 1. The molecule has 5 N–H and O–H groups in total. The fourth-order valence-corrected chi connectivity index (χ4v) is 4.99. The number of aryl methyl sites for hydroxylation is 1. The zero-order valence-electron chi connectivity index (χ0n) is 22.7. The van der Waals surface area contributed by atoms with Gasteiger partial charge in [0.1, 0.15) is 11.5 Å². The number of nitrogen functional groups attached to an aromatic ring is 1. The number of piperidine rings is 1. The van der Waals surface area contributed by atoms with Crippen LogP contribution < -0.4 is 16.9 Å². The zero-order valence-corrected chi connectivity index (χ0v) is 22.7. The Hall–Kier alpha value is -5.25. The third-order valence-electron chi connectivity index (χ3n) is 7.05. The van der Waals surface area contributed by atoms with Crippen LogP contribution in [0.25, 0.3) is 17.3 Å². The topological polar surface area (TPSA) is 149 Å². The molecule has 0 bridgehead atoms. The Morgan fingerprint density at radius 2 is 1.78 bits per heavy atom. The van der Waals surface area contributed by atoms with Crippen LogP contribution in [0.15, 0.2) is 79.0 Å². The highest BCUT2D eigenvalue weighted by molar-refractivity contribution is 6.04. The van der Waals surface area contributed by atoms with Gasteiger partial charge in [0.15, 0.2) is 11.5 Å². The number of pyridine rings is 1. The highest BCUT2D eigenvalue weighted by Crippen LogP contribution is 2.34. The predicted molar refractivity (Wildman–Crippen MR) is 157 cm³/mol. The number of nitrogens with two attached hydrogens (primary N) is 2. The SMILES string of the molecule is Cc1ccnc(NC(=O)c2ccc(-c3nc([C@@H]4CCCCN4C(=O)/C=C/c4ccccc4)n(N)c3C(N)=O)cc2)c1. The van der Waals surface area contributed by atoms with E-state index in [0.29, 0.717) is 41.4 Å². The number of hydrogen-bond donors (Lipinski definition) is 3. The van der Waals surface area contributed by atoms with Crippen molar-refractivity contribution in [2.45, 2.75) is 32.2 Å². The second-order valence-corrected chi connectivity index (χ2v) is 9.94. The molecule has 2 aromatic heterocycles. The quantitative estimate of drug-likeness (QED) is 0.234. The Labute approximate surface area is 237 Å². The highest BCUT2D eigenvalue weighted by Gasteiger charge is 2.33. The van der Waals surface area contributed by atoms with Gasteiger partial charge < -0.3 is 21.8 Å². The van der Waals surface area contributed by atoms with Gasteiger partial charge in [-0.1, -0.05) is 42.5 Å². The molecule has 0 unspecified atom stereocenters. The maximum absolute atomic E-state index is 13.2. The minimum Gasteiger partial charge on any atom is -0.364 e. The minimum atomic E-state index is -0.744. The van der Waals surface area contributed by atoms with E-state index in [1.807, 2.05) is 43.3 Å². The van der Waals surface area contributed by atoms with Crippen molar-refractivity contribution in [3.8, 4) is 11.3 Å². The molecule has 0 aliphatic carbocycles. The van der Waals surface area contributed by atoms with Gasteiger partial charge in [-0.25, -0.2) is 14.6 Å². The van der Waals surface area contributed by atoms with Crippen LogP contribution in [0.4, 0.5) is 5.82 Å². The molecule has 0 radical (unpaired) electrons.